The first kappa shape index (κ1) is 21.7. The molecule has 0 fully saturated rings. The number of hydrogen-bond acceptors (Lipinski definition) is 1. The molecule has 0 aliphatic rings. The van der Waals surface area contributed by atoms with Crippen LogP contribution in [-0.4, -0.2) is 13.7 Å². The minimum Gasteiger partial charge on any atom is -0.319 e. The third-order valence-corrected chi connectivity index (χ3v) is 9.52. The van der Waals surface area contributed by atoms with Gasteiger partial charge in [-0.15, -0.1) is 0 Å². The van der Waals surface area contributed by atoms with Crippen LogP contribution in [0, 0.1) is 17.9 Å². The van der Waals surface area contributed by atoms with Crippen molar-refractivity contribution in [2.75, 3.05) is 0 Å². The van der Waals surface area contributed by atoms with Gasteiger partial charge in [-0.25, -0.2) is 4.85 Å². The standard InChI is InChI=1S/C44H25N5/c1-46-43-42(48-37-22-10-4-16-30(37)31-17-5-11-23-38(31)48)26-41(47-35-20-8-2-14-28(35)29-15-3-9-21-36(29)47)34(27-45)44(43)49-39-24-12-6-18-32(39)33-19-7-13-25-40(33)49/h2-26H/i2D,3D,4D,5D,6D,7D. The Morgan fingerprint density at radius 3 is 1.14 bits per heavy atom. The van der Waals surface area contributed by atoms with Crippen molar-refractivity contribution in [2.45, 2.75) is 0 Å². The number of fused-ring (bicyclic) bond motifs is 9. The largest absolute Gasteiger partial charge is 0.319 e. The molecule has 0 amide bonds. The van der Waals surface area contributed by atoms with Gasteiger partial charge in [0, 0.05) is 32.3 Å². The lowest BCUT2D eigenvalue weighted by atomic mass is 10.1. The van der Waals surface area contributed by atoms with Gasteiger partial charge in [-0.3, -0.25) is 0 Å². The highest BCUT2D eigenvalue weighted by molar-refractivity contribution is 6.13. The Hall–Kier alpha value is -7.08. The number of nitriles is 1. The molecule has 49 heavy (non-hydrogen) atoms. The van der Waals surface area contributed by atoms with Crippen molar-refractivity contribution in [3.8, 4) is 23.1 Å². The lowest BCUT2D eigenvalue weighted by Gasteiger charge is -2.21. The maximum Gasteiger partial charge on any atom is 0.235 e. The fraction of sp³-hybridized carbons (Fsp3) is 0. The molecular formula is C44H25N5. The summed E-state index contributed by atoms with van der Waals surface area (Å²) in [5.74, 6) is 0. The molecule has 0 spiro atoms. The first-order valence-corrected chi connectivity index (χ1v) is 15.7. The van der Waals surface area contributed by atoms with Crippen molar-refractivity contribution in [2.24, 2.45) is 0 Å². The lowest BCUT2D eigenvalue weighted by molar-refractivity contribution is 1.09. The van der Waals surface area contributed by atoms with Gasteiger partial charge in [0.15, 0.2) is 0 Å². The highest BCUT2D eigenvalue weighted by Crippen LogP contribution is 2.46. The lowest BCUT2D eigenvalue weighted by Crippen LogP contribution is -2.08. The Balaban J connectivity index is 1.48. The second kappa shape index (κ2) is 10.2. The Kier molecular flexibility index (Phi) is 4.51. The van der Waals surface area contributed by atoms with Crippen molar-refractivity contribution >= 4 is 71.1 Å². The summed E-state index contributed by atoms with van der Waals surface area (Å²) in [4.78, 5) is 4.21. The van der Waals surface area contributed by atoms with Crippen molar-refractivity contribution in [1.82, 2.24) is 13.7 Å². The highest BCUT2D eigenvalue weighted by Gasteiger charge is 2.28. The molecule has 0 atom stereocenters. The molecule has 0 aliphatic carbocycles. The molecule has 3 heterocycles. The quantitative estimate of drug-likeness (QED) is 0.179. The van der Waals surface area contributed by atoms with E-state index in [1.165, 1.54) is 0 Å². The fourth-order valence-electron chi connectivity index (χ4n) is 7.56. The summed E-state index contributed by atoms with van der Waals surface area (Å²) < 4.78 is 56.7. The second-order valence-corrected chi connectivity index (χ2v) is 11.9. The predicted octanol–water partition coefficient (Wildman–Crippen LogP) is 11.4. The number of aromatic nitrogens is 3. The minimum atomic E-state index is 0.176. The topological polar surface area (TPSA) is 42.9 Å². The zero-order valence-electron chi connectivity index (χ0n) is 31.7. The van der Waals surface area contributed by atoms with Crippen LogP contribution < -0.4 is 0 Å². The summed E-state index contributed by atoms with van der Waals surface area (Å²) in [6, 6.07) is 37.6. The van der Waals surface area contributed by atoms with Crippen LogP contribution in [0.5, 0.6) is 0 Å². The zero-order valence-corrected chi connectivity index (χ0v) is 25.7. The average Bonchev–Trinajstić information content (AvgIpc) is 3.77. The molecule has 0 aliphatic heterocycles. The molecule has 0 radical (unpaired) electrons. The SMILES string of the molecule is [2H]c1ccc2c(c1)c1cc([2H])ccc1n2-c1cc(-n2c3ccc([2H])cc3c3cc([2H])ccc32)c([N+]#[C-])c(-n2c3ccc([2H])cc3c3cc([2H])ccc32)c1C#N. The van der Waals surface area contributed by atoms with Crippen molar-refractivity contribution in [3.05, 3.63) is 168 Å². The van der Waals surface area contributed by atoms with E-state index in [1.807, 2.05) is 44.0 Å². The van der Waals surface area contributed by atoms with Gasteiger partial charge in [0.25, 0.3) is 0 Å². The Bertz CT molecular complexity index is 3090. The van der Waals surface area contributed by atoms with E-state index >= 15 is 0 Å². The molecular weight excluding hydrogens is 599 g/mol. The molecule has 3 aromatic heterocycles. The molecule has 7 aromatic carbocycles. The number of hydrogen-bond donors (Lipinski definition) is 0. The number of nitrogens with zero attached hydrogens (tertiary/aromatic N) is 5. The van der Waals surface area contributed by atoms with Crippen molar-refractivity contribution < 1.29 is 8.22 Å². The third kappa shape index (κ3) is 3.62. The molecule has 10 rings (SSSR count). The minimum absolute atomic E-state index is 0.176. The third-order valence-electron chi connectivity index (χ3n) is 9.52. The van der Waals surface area contributed by atoms with Crippen LogP contribution in [-0.2, 0) is 0 Å². The van der Waals surface area contributed by atoms with Crippen LogP contribution >= 0.6 is 0 Å². The summed E-state index contributed by atoms with van der Waals surface area (Å²) in [6.45, 7) is 8.85. The molecule has 0 unspecified atom stereocenters. The van der Waals surface area contributed by atoms with Gasteiger partial charge >= 0.3 is 0 Å². The fourth-order valence-corrected chi connectivity index (χ4v) is 7.56. The summed E-state index contributed by atoms with van der Waals surface area (Å²) in [5.41, 5.74) is 5.76. The van der Waals surface area contributed by atoms with Crippen LogP contribution in [0.1, 0.15) is 13.8 Å². The maximum atomic E-state index is 11.4. The Labute approximate surface area is 289 Å². The van der Waals surface area contributed by atoms with E-state index < -0.39 is 0 Å². The predicted molar refractivity (Wildman–Crippen MR) is 200 cm³/mol. The first-order valence-electron chi connectivity index (χ1n) is 18.7. The van der Waals surface area contributed by atoms with E-state index in [0.717, 1.165) is 21.5 Å². The number of para-hydroxylation sites is 6. The summed E-state index contributed by atoms with van der Waals surface area (Å²) >= 11 is 0. The first-order chi connectivity index (χ1) is 26.6. The summed E-state index contributed by atoms with van der Waals surface area (Å²) in [5, 5.41) is 15.7. The Morgan fingerprint density at radius 2 is 0.816 bits per heavy atom. The smallest absolute Gasteiger partial charge is 0.235 e. The highest BCUT2D eigenvalue weighted by atomic mass is 15.1. The Morgan fingerprint density at radius 1 is 0.490 bits per heavy atom. The summed E-state index contributed by atoms with van der Waals surface area (Å²) in [7, 11) is 0. The zero-order chi connectivity index (χ0) is 37.9. The van der Waals surface area contributed by atoms with E-state index in [1.54, 1.807) is 84.9 Å². The van der Waals surface area contributed by atoms with Gasteiger partial charge in [0.1, 0.15) is 6.07 Å². The van der Waals surface area contributed by atoms with E-state index in [4.69, 9.17) is 14.8 Å². The van der Waals surface area contributed by atoms with E-state index in [9.17, 15) is 5.26 Å². The molecule has 0 saturated heterocycles. The van der Waals surface area contributed by atoms with Crippen LogP contribution in [0.4, 0.5) is 5.69 Å². The van der Waals surface area contributed by atoms with Gasteiger partial charge < -0.3 is 13.7 Å². The van der Waals surface area contributed by atoms with Gasteiger partial charge in [0.05, 0.1) is 70.5 Å². The van der Waals surface area contributed by atoms with E-state index in [-0.39, 0.29) is 23.3 Å². The normalized spacial score (nSPS) is 13.3. The average molecular weight is 630 g/mol. The van der Waals surface area contributed by atoms with Crippen LogP contribution in [0.15, 0.2) is 152 Å². The van der Waals surface area contributed by atoms with E-state index in [2.05, 4.69) is 10.9 Å². The number of rotatable bonds is 3. The van der Waals surface area contributed by atoms with Crippen molar-refractivity contribution in [1.29, 1.82) is 5.26 Å². The molecule has 5 nitrogen and oxygen atoms in total. The maximum absolute atomic E-state index is 11.4. The molecule has 0 bridgehead atoms. The van der Waals surface area contributed by atoms with Gasteiger partial charge in [-0.1, -0.05) is 109 Å². The number of benzene rings is 7. The molecule has 5 heteroatoms. The van der Waals surface area contributed by atoms with E-state index in [0.29, 0.717) is 85.1 Å². The van der Waals surface area contributed by atoms with Gasteiger partial charge in [-0.05, 0) is 42.5 Å². The van der Waals surface area contributed by atoms with Gasteiger partial charge in [-0.2, -0.15) is 5.26 Å². The molecule has 226 valence electrons. The molecule has 0 N–H and O–H groups in total. The second-order valence-electron chi connectivity index (χ2n) is 11.9. The molecule has 10 aromatic rings. The van der Waals surface area contributed by atoms with Crippen LogP contribution in [0.25, 0.3) is 87.3 Å². The monoisotopic (exact) mass is 629 g/mol. The summed E-state index contributed by atoms with van der Waals surface area (Å²) in [6.07, 6.45) is 0. The van der Waals surface area contributed by atoms with Crippen molar-refractivity contribution in [3.63, 3.8) is 0 Å². The van der Waals surface area contributed by atoms with Crippen LogP contribution in [0.2, 0.25) is 0 Å². The molecule has 0 saturated carbocycles. The van der Waals surface area contributed by atoms with Gasteiger partial charge in [0.2, 0.25) is 5.69 Å². The van der Waals surface area contributed by atoms with Crippen LogP contribution in [0.3, 0.4) is 0 Å².